The molecule has 0 spiro atoms. The summed E-state index contributed by atoms with van der Waals surface area (Å²) in [5.74, 6) is -1.38. The molecule has 0 aliphatic rings. The molecule has 19 heavy (non-hydrogen) atoms. The molecule has 1 N–H and O–H groups in total. The number of aryl methyl sites for hydroxylation is 1. The van der Waals surface area contributed by atoms with Crippen molar-refractivity contribution in [2.45, 2.75) is 6.92 Å². The van der Waals surface area contributed by atoms with Crippen LogP contribution in [0.4, 0.5) is 4.39 Å². The molecular weight excluding hydrogens is 247 g/mol. The van der Waals surface area contributed by atoms with Crippen LogP contribution in [0.1, 0.15) is 12.5 Å². The molecule has 2 aromatic rings. The van der Waals surface area contributed by atoms with Gasteiger partial charge in [-0.05, 0) is 30.2 Å². The normalized spacial score (nSPS) is 11.6. The van der Waals surface area contributed by atoms with Gasteiger partial charge in [0.25, 0.3) is 0 Å². The predicted octanol–water partition coefficient (Wildman–Crippen LogP) is 2.71. The van der Waals surface area contributed by atoms with Crippen molar-refractivity contribution < 1.29 is 14.3 Å². The molecule has 1 aromatic heterocycles. The van der Waals surface area contributed by atoms with Gasteiger partial charge in [-0.25, -0.2) is 9.18 Å². The largest absolute Gasteiger partial charge is 0.478 e. The number of hydrogen-bond donors (Lipinski definition) is 1. The van der Waals surface area contributed by atoms with Gasteiger partial charge in [0.1, 0.15) is 5.82 Å². The van der Waals surface area contributed by atoms with E-state index in [2.05, 4.69) is 5.10 Å². The first kappa shape index (κ1) is 13.0. The average Bonchev–Trinajstić information content (AvgIpc) is 2.75. The third-order valence-electron chi connectivity index (χ3n) is 2.78. The van der Waals surface area contributed by atoms with Gasteiger partial charge in [0.2, 0.25) is 0 Å². The third-order valence-corrected chi connectivity index (χ3v) is 2.78. The molecule has 0 aliphatic heterocycles. The third kappa shape index (κ3) is 2.88. The van der Waals surface area contributed by atoms with Crippen LogP contribution in [0.5, 0.6) is 0 Å². The molecule has 0 bridgehead atoms. The molecule has 0 amide bonds. The fraction of sp³-hybridized carbons (Fsp3) is 0.143. The maximum atomic E-state index is 13.8. The van der Waals surface area contributed by atoms with Crippen LogP contribution in [0.15, 0.2) is 36.7 Å². The Labute approximate surface area is 109 Å². The highest BCUT2D eigenvalue weighted by molar-refractivity contribution is 5.90. The predicted molar refractivity (Wildman–Crippen MR) is 69.9 cm³/mol. The number of carbonyl (C=O) groups is 1. The summed E-state index contributed by atoms with van der Waals surface area (Å²) >= 11 is 0. The topological polar surface area (TPSA) is 55.1 Å². The highest BCUT2D eigenvalue weighted by Gasteiger charge is 2.09. The van der Waals surface area contributed by atoms with E-state index in [0.717, 1.165) is 6.08 Å². The fourth-order valence-electron chi connectivity index (χ4n) is 1.82. The Morgan fingerprint density at radius 2 is 2.21 bits per heavy atom. The number of benzene rings is 1. The van der Waals surface area contributed by atoms with Gasteiger partial charge in [0, 0.05) is 30.4 Å². The first-order valence-electron chi connectivity index (χ1n) is 5.67. The number of halogens is 1. The minimum atomic E-state index is -1.02. The van der Waals surface area contributed by atoms with Crippen molar-refractivity contribution >= 4 is 11.5 Å². The average molecular weight is 260 g/mol. The van der Waals surface area contributed by atoms with E-state index in [1.165, 1.54) is 6.07 Å². The minimum Gasteiger partial charge on any atom is -0.478 e. The molecular formula is C14H13FN2O2. The van der Waals surface area contributed by atoms with Crippen molar-refractivity contribution in [1.29, 1.82) is 0 Å². The van der Waals surface area contributed by atoms with Crippen LogP contribution in [-0.4, -0.2) is 20.9 Å². The van der Waals surface area contributed by atoms with Crippen molar-refractivity contribution in [2.24, 2.45) is 7.05 Å². The van der Waals surface area contributed by atoms with Gasteiger partial charge in [-0.1, -0.05) is 6.07 Å². The SMILES string of the molecule is C/C(=C\C(=O)O)c1ccc(F)c(-c2cnn(C)c2)c1. The zero-order valence-electron chi connectivity index (χ0n) is 10.6. The second kappa shape index (κ2) is 5.06. The van der Waals surface area contributed by atoms with E-state index in [1.54, 1.807) is 43.2 Å². The molecule has 2 rings (SSSR count). The smallest absolute Gasteiger partial charge is 0.328 e. The molecule has 1 aromatic carbocycles. The van der Waals surface area contributed by atoms with Gasteiger partial charge in [-0.3, -0.25) is 4.68 Å². The molecule has 0 saturated heterocycles. The van der Waals surface area contributed by atoms with E-state index >= 15 is 0 Å². The van der Waals surface area contributed by atoms with Crippen LogP contribution in [0, 0.1) is 5.82 Å². The molecule has 0 saturated carbocycles. The number of hydrogen-bond acceptors (Lipinski definition) is 2. The number of nitrogens with zero attached hydrogens (tertiary/aromatic N) is 2. The Morgan fingerprint density at radius 3 is 2.79 bits per heavy atom. The molecule has 0 aliphatic carbocycles. The highest BCUT2D eigenvalue weighted by atomic mass is 19.1. The van der Waals surface area contributed by atoms with Crippen molar-refractivity contribution in [3.63, 3.8) is 0 Å². The first-order valence-corrected chi connectivity index (χ1v) is 5.67. The van der Waals surface area contributed by atoms with E-state index in [9.17, 15) is 9.18 Å². The molecule has 1 heterocycles. The van der Waals surface area contributed by atoms with Gasteiger partial charge in [0.05, 0.1) is 6.20 Å². The highest BCUT2D eigenvalue weighted by Crippen LogP contribution is 2.26. The van der Waals surface area contributed by atoms with E-state index in [-0.39, 0.29) is 5.82 Å². The van der Waals surface area contributed by atoms with Gasteiger partial charge in [0.15, 0.2) is 0 Å². The number of rotatable bonds is 3. The maximum Gasteiger partial charge on any atom is 0.328 e. The Bertz CT molecular complexity index is 659. The molecule has 0 unspecified atom stereocenters. The fourth-order valence-corrected chi connectivity index (χ4v) is 1.82. The molecule has 98 valence electrons. The number of aromatic nitrogens is 2. The van der Waals surface area contributed by atoms with Crippen LogP contribution in [0.25, 0.3) is 16.7 Å². The number of aliphatic carboxylic acids is 1. The lowest BCUT2D eigenvalue weighted by Crippen LogP contribution is -1.92. The Balaban J connectivity index is 2.49. The summed E-state index contributed by atoms with van der Waals surface area (Å²) in [5.41, 5.74) is 2.30. The van der Waals surface area contributed by atoms with Crippen LogP contribution in [-0.2, 0) is 11.8 Å². The zero-order chi connectivity index (χ0) is 14.0. The summed E-state index contributed by atoms with van der Waals surface area (Å²) in [6, 6.07) is 4.52. The zero-order valence-corrected chi connectivity index (χ0v) is 10.6. The summed E-state index contributed by atoms with van der Waals surface area (Å²) in [4.78, 5) is 10.6. The van der Waals surface area contributed by atoms with Crippen molar-refractivity contribution in [3.8, 4) is 11.1 Å². The van der Waals surface area contributed by atoms with Crippen molar-refractivity contribution in [2.75, 3.05) is 0 Å². The quantitative estimate of drug-likeness (QED) is 0.863. The van der Waals surface area contributed by atoms with E-state index in [4.69, 9.17) is 5.11 Å². The lowest BCUT2D eigenvalue weighted by molar-refractivity contribution is -0.131. The Kier molecular flexibility index (Phi) is 3.46. The standard InChI is InChI=1S/C14H13FN2O2/c1-9(5-14(18)19)10-3-4-13(15)12(6-10)11-7-16-17(2)8-11/h3-8H,1-2H3,(H,18,19)/b9-5+. The molecule has 4 nitrogen and oxygen atoms in total. The Hall–Kier alpha value is -2.43. The van der Waals surface area contributed by atoms with Gasteiger partial charge in [-0.2, -0.15) is 5.10 Å². The second-order valence-corrected chi connectivity index (χ2v) is 4.26. The van der Waals surface area contributed by atoms with Crippen LogP contribution in [0.2, 0.25) is 0 Å². The first-order chi connectivity index (χ1) is 8.97. The number of carboxylic acid groups (broad SMARTS) is 1. The van der Waals surface area contributed by atoms with Crippen LogP contribution in [0.3, 0.4) is 0 Å². The van der Waals surface area contributed by atoms with E-state index < -0.39 is 5.97 Å². The van der Waals surface area contributed by atoms with E-state index in [1.807, 2.05) is 0 Å². The van der Waals surface area contributed by atoms with Crippen LogP contribution >= 0.6 is 0 Å². The Morgan fingerprint density at radius 1 is 1.47 bits per heavy atom. The summed E-state index contributed by atoms with van der Waals surface area (Å²) in [5, 5.41) is 12.7. The van der Waals surface area contributed by atoms with Crippen LogP contribution < -0.4 is 0 Å². The molecule has 5 heteroatoms. The molecule has 0 fully saturated rings. The lowest BCUT2D eigenvalue weighted by atomic mass is 10.0. The summed E-state index contributed by atoms with van der Waals surface area (Å²) < 4.78 is 15.4. The minimum absolute atomic E-state index is 0.361. The maximum absolute atomic E-state index is 13.8. The monoisotopic (exact) mass is 260 g/mol. The lowest BCUT2D eigenvalue weighted by Gasteiger charge is -2.05. The van der Waals surface area contributed by atoms with E-state index in [0.29, 0.717) is 22.3 Å². The summed E-state index contributed by atoms with van der Waals surface area (Å²) in [6.45, 7) is 1.67. The number of carboxylic acids is 1. The number of allylic oxidation sites excluding steroid dienone is 1. The molecule has 0 radical (unpaired) electrons. The molecule has 0 atom stereocenters. The summed E-state index contributed by atoms with van der Waals surface area (Å²) in [6.07, 6.45) is 4.37. The summed E-state index contributed by atoms with van der Waals surface area (Å²) in [7, 11) is 1.75. The van der Waals surface area contributed by atoms with Gasteiger partial charge < -0.3 is 5.11 Å². The van der Waals surface area contributed by atoms with Crippen molar-refractivity contribution in [3.05, 3.63) is 48.0 Å². The van der Waals surface area contributed by atoms with Gasteiger partial charge in [-0.15, -0.1) is 0 Å². The van der Waals surface area contributed by atoms with Gasteiger partial charge >= 0.3 is 5.97 Å². The van der Waals surface area contributed by atoms with Crippen molar-refractivity contribution in [1.82, 2.24) is 9.78 Å². The second-order valence-electron chi connectivity index (χ2n) is 4.26.